The first kappa shape index (κ1) is 24.4. The van der Waals surface area contributed by atoms with Gasteiger partial charge in [0.1, 0.15) is 15.5 Å². The molecule has 1 aromatic carbocycles. The molecular weight excluding hydrogens is 474 g/mol. The van der Waals surface area contributed by atoms with Gasteiger partial charge in [0.05, 0.1) is 23.5 Å². The first-order valence-corrected chi connectivity index (χ1v) is 13.0. The smallest absolute Gasteiger partial charge is 0.262 e. The van der Waals surface area contributed by atoms with Gasteiger partial charge in [-0.05, 0) is 43.5 Å². The molecule has 1 aliphatic rings. The summed E-state index contributed by atoms with van der Waals surface area (Å²) in [5.74, 6) is 0.103. The fourth-order valence-electron chi connectivity index (χ4n) is 4.49. The Balaban J connectivity index is 1.63. The van der Waals surface area contributed by atoms with E-state index in [2.05, 4.69) is 6.92 Å². The van der Waals surface area contributed by atoms with Crippen LogP contribution in [0.2, 0.25) is 0 Å². The molecule has 34 heavy (non-hydrogen) atoms. The highest BCUT2D eigenvalue weighted by Crippen LogP contribution is 2.38. The monoisotopic (exact) mass is 503 g/mol. The SMILES string of the molecule is CCCc1cc(N2CCC(N(c3ccc(C)cc3)S(=O)O)C(O)C2)nc2sc(C(N)=O)c(N)c12. The molecule has 1 aliphatic heterocycles. The van der Waals surface area contributed by atoms with Crippen molar-refractivity contribution >= 4 is 55.9 Å². The van der Waals surface area contributed by atoms with Crippen molar-refractivity contribution < 1.29 is 18.7 Å². The van der Waals surface area contributed by atoms with Crippen LogP contribution >= 0.6 is 11.3 Å². The van der Waals surface area contributed by atoms with Crippen molar-refractivity contribution in [2.75, 3.05) is 28.0 Å². The van der Waals surface area contributed by atoms with Crippen LogP contribution in [0.1, 0.15) is 40.6 Å². The van der Waals surface area contributed by atoms with Gasteiger partial charge < -0.3 is 21.5 Å². The van der Waals surface area contributed by atoms with E-state index < -0.39 is 29.3 Å². The van der Waals surface area contributed by atoms with E-state index in [9.17, 15) is 18.7 Å². The van der Waals surface area contributed by atoms with Crippen molar-refractivity contribution in [1.29, 1.82) is 0 Å². The molecule has 3 heterocycles. The number of rotatable bonds is 7. The number of thiophene rings is 1. The lowest BCUT2D eigenvalue weighted by Gasteiger charge is -2.41. The number of β-amino-alcohol motifs (C(OH)–C–C–N with tert-alkyl or cyclic N) is 1. The van der Waals surface area contributed by atoms with Crippen molar-refractivity contribution in [1.82, 2.24) is 4.98 Å². The van der Waals surface area contributed by atoms with Gasteiger partial charge in [-0.15, -0.1) is 11.3 Å². The topological polar surface area (TPSA) is 146 Å². The summed E-state index contributed by atoms with van der Waals surface area (Å²) in [6, 6.07) is 8.74. The number of anilines is 3. The number of nitrogens with zero attached hydrogens (tertiary/aromatic N) is 3. The lowest BCUT2D eigenvalue weighted by Crippen LogP contribution is -2.55. The van der Waals surface area contributed by atoms with Crippen LogP contribution in [0, 0.1) is 6.92 Å². The van der Waals surface area contributed by atoms with E-state index in [1.165, 1.54) is 15.6 Å². The zero-order valence-corrected chi connectivity index (χ0v) is 20.7. The van der Waals surface area contributed by atoms with Crippen molar-refractivity contribution in [3.8, 4) is 0 Å². The van der Waals surface area contributed by atoms with Gasteiger partial charge in [-0.1, -0.05) is 31.0 Å². The van der Waals surface area contributed by atoms with Crippen molar-refractivity contribution in [3.05, 3.63) is 46.3 Å². The first-order valence-electron chi connectivity index (χ1n) is 11.1. The van der Waals surface area contributed by atoms with Gasteiger partial charge >= 0.3 is 0 Å². The minimum absolute atomic E-state index is 0.248. The summed E-state index contributed by atoms with van der Waals surface area (Å²) < 4.78 is 23.5. The Morgan fingerprint density at radius 1 is 1.35 bits per heavy atom. The van der Waals surface area contributed by atoms with Crippen molar-refractivity contribution in [3.63, 3.8) is 0 Å². The summed E-state index contributed by atoms with van der Waals surface area (Å²) in [7, 11) is 0. The molecule has 3 atom stereocenters. The second-order valence-corrected chi connectivity index (χ2v) is 10.4. The summed E-state index contributed by atoms with van der Waals surface area (Å²) in [4.78, 5) is 19.5. The van der Waals surface area contributed by atoms with Crippen LogP contribution in [0.5, 0.6) is 0 Å². The number of hydrogen-bond donors (Lipinski definition) is 4. The molecule has 1 saturated heterocycles. The van der Waals surface area contributed by atoms with Gasteiger partial charge in [0.2, 0.25) is 0 Å². The van der Waals surface area contributed by atoms with Crippen LogP contribution < -0.4 is 20.7 Å². The third-order valence-corrected chi connectivity index (χ3v) is 8.07. The van der Waals surface area contributed by atoms with E-state index in [-0.39, 0.29) is 6.54 Å². The Bertz CT molecular complexity index is 1230. The molecule has 0 aliphatic carbocycles. The van der Waals surface area contributed by atoms with E-state index in [1.807, 2.05) is 30.0 Å². The molecule has 1 fully saturated rings. The Kier molecular flexibility index (Phi) is 7.08. The highest BCUT2D eigenvalue weighted by Gasteiger charge is 2.36. The lowest BCUT2D eigenvalue weighted by atomic mass is 10.0. The number of aliphatic hydroxyl groups excluding tert-OH is 1. The Morgan fingerprint density at radius 2 is 2.06 bits per heavy atom. The van der Waals surface area contributed by atoms with E-state index in [0.717, 1.165) is 29.4 Å². The van der Waals surface area contributed by atoms with Crippen LogP contribution in [0.15, 0.2) is 30.3 Å². The highest BCUT2D eigenvalue weighted by atomic mass is 32.2. The Morgan fingerprint density at radius 3 is 2.65 bits per heavy atom. The number of piperidine rings is 1. The minimum Gasteiger partial charge on any atom is -0.397 e. The largest absolute Gasteiger partial charge is 0.397 e. The molecule has 2 aromatic heterocycles. The van der Waals surface area contributed by atoms with Gasteiger partial charge in [-0.25, -0.2) is 9.19 Å². The van der Waals surface area contributed by atoms with E-state index >= 15 is 0 Å². The highest BCUT2D eigenvalue weighted by molar-refractivity contribution is 7.80. The number of primary amides is 1. The van der Waals surface area contributed by atoms with Gasteiger partial charge in [-0.3, -0.25) is 13.7 Å². The van der Waals surface area contributed by atoms with Gasteiger partial charge in [0, 0.05) is 18.5 Å². The van der Waals surface area contributed by atoms with Crippen LogP contribution in [-0.4, -0.2) is 50.0 Å². The molecule has 182 valence electrons. The molecule has 0 bridgehead atoms. The molecule has 4 rings (SSSR count). The molecule has 1 amide bonds. The van der Waals surface area contributed by atoms with Crippen LogP contribution in [0.25, 0.3) is 10.2 Å². The van der Waals surface area contributed by atoms with Crippen molar-refractivity contribution in [2.24, 2.45) is 5.73 Å². The normalized spacial score (nSPS) is 19.4. The summed E-state index contributed by atoms with van der Waals surface area (Å²) in [6.07, 6.45) is 1.23. The van der Waals surface area contributed by atoms with Gasteiger partial charge in [0.25, 0.3) is 17.2 Å². The van der Waals surface area contributed by atoms with Crippen LogP contribution in [0.4, 0.5) is 17.2 Å². The summed E-state index contributed by atoms with van der Waals surface area (Å²) in [5, 5.41) is 11.8. The summed E-state index contributed by atoms with van der Waals surface area (Å²) in [6.45, 7) is 4.79. The van der Waals surface area contributed by atoms with E-state index in [0.29, 0.717) is 39.9 Å². The molecule has 6 N–H and O–H groups in total. The Labute approximate surface area is 204 Å². The number of carbonyl (C=O) groups excluding carboxylic acids is 1. The number of amides is 1. The third-order valence-electron chi connectivity index (χ3n) is 6.14. The molecule has 0 radical (unpaired) electrons. The predicted octanol–water partition coefficient (Wildman–Crippen LogP) is 2.82. The lowest BCUT2D eigenvalue weighted by molar-refractivity contribution is 0.100. The number of benzene rings is 1. The van der Waals surface area contributed by atoms with Crippen LogP contribution in [0.3, 0.4) is 0 Å². The van der Waals surface area contributed by atoms with Crippen molar-refractivity contribution in [2.45, 2.75) is 45.3 Å². The summed E-state index contributed by atoms with van der Waals surface area (Å²) >= 11 is -1.10. The maximum atomic E-state index is 12.2. The van der Waals surface area contributed by atoms with Gasteiger partial charge in [0.15, 0.2) is 0 Å². The fraction of sp³-hybridized carbons (Fsp3) is 0.391. The summed E-state index contributed by atoms with van der Waals surface area (Å²) in [5.41, 5.74) is 14.7. The number of fused-ring (bicyclic) bond motifs is 1. The standard InChI is InChI=1S/C23H29N5O4S2/c1-3-4-14-11-18(26-23-19(14)20(24)21(33-23)22(25)30)27-10-9-16(17(29)12-27)28(34(31)32)15-7-5-13(2)6-8-15/h5-8,11,16-17,29H,3-4,9-10,12,24H2,1-2H3,(H2,25,30)(H,31,32). The molecule has 11 heteroatoms. The number of aromatic nitrogens is 1. The number of aryl methyl sites for hydroxylation is 2. The maximum absolute atomic E-state index is 12.2. The number of aliphatic hydroxyl groups is 1. The number of nitrogens with two attached hydrogens (primary N) is 2. The van der Waals surface area contributed by atoms with Gasteiger partial charge in [-0.2, -0.15) is 0 Å². The molecule has 0 spiro atoms. The molecular formula is C23H29N5O4S2. The quantitative estimate of drug-likeness (QED) is 0.363. The number of nitrogen functional groups attached to an aromatic ring is 1. The molecule has 0 saturated carbocycles. The zero-order valence-electron chi connectivity index (χ0n) is 19.1. The second kappa shape index (κ2) is 9.87. The van der Waals surface area contributed by atoms with E-state index in [4.69, 9.17) is 16.5 Å². The molecule has 3 unspecified atom stereocenters. The maximum Gasteiger partial charge on any atom is 0.262 e. The second-order valence-electron chi connectivity index (χ2n) is 8.54. The Hall–Kier alpha value is -2.73. The average Bonchev–Trinajstić information content (AvgIpc) is 3.13. The zero-order chi connectivity index (χ0) is 24.6. The first-order chi connectivity index (χ1) is 16.2. The molecule has 3 aromatic rings. The molecule has 9 nitrogen and oxygen atoms in total. The predicted molar refractivity (Wildman–Crippen MR) is 138 cm³/mol. The number of pyridine rings is 1. The fourth-order valence-corrected chi connectivity index (χ4v) is 6.25. The average molecular weight is 504 g/mol. The number of carbonyl (C=O) groups is 1. The minimum atomic E-state index is -2.28. The number of hydrogen-bond acceptors (Lipinski definition) is 7. The van der Waals surface area contributed by atoms with Crippen LogP contribution in [-0.2, 0) is 17.7 Å². The van der Waals surface area contributed by atoms with E-state index in [1.54, 1.807) is 12.1 Å². The third kappa shape index (κ3) is 4.61.